The summed E-state index contributed by atoms with van der Waals surface area (Å²) in [5, 5.41) is 0.802. The molecule has 1 aromatic heterocycles. The van der Waals surface area contributed by atoms with E-state index >= 15 is 0 Å². The predicted octanol–water partition coefficient (Wildman–Crippen LogP) is 3.53. The number of ketones is 1. The summed E-state index contributed by atoms with van der Waals surface area (Å²) in [5.41, 5.74) is 2.03. The van der Waals surface area contributed by atoms with Gasteiger partial charge in [-0.25, -0.2) is 0 Å². The Hall–Kier alpha value is -2.68. The molecule has 0 N–H and O–H groups in total. The maximum atomic E-state index is 12.5. The maximum Gasteiger partial charge on any atom is 0.227 e. The summed E-state index contributed by atoms with van der Waals surface area (Å²) in [4.78, 5) is 24.1. The number of nitrogens with zero attached hydrogens (tertiary/aromatic N) is 1. The van der Waals surface area contributed by atoms with Crippen LogP contribution in [0.5, 0.6) is 0 Å². The average Bonchev–Trinajstić information content (AvgIpc) is 2.91. The smallest absolute Gasteiger partial charge is 0.227 e. The number of rotatable bonds is 2. The third-order valence-corrected chi connectivity index (χ3v) is 3.35. The minimum absolute atomic E-state index is 0.0301. The Morgan fingerprint density at radius 3 is 2.35 bits per heavy atom. The highest BCUT2D eigenvalue weighted by Crippen LogP contribution is 2.22. The fraction of sp³-hybridized carbons (Fsp3) is 0.0588. The van der Waals surface area contributed by atoms with E-state index < -0.39 is 0 Å². The van der Waals surface area contributed by atoms with Crippen molar-refractivity contribution in [3.05, 3.63) is 71.9 Å². The standard InChI is InChI=1S/C17H13NO2/c1-12(19)18-11-10-14-15(8-5-9-16(14)18)17(20)13-6-3-2-4-7-13/h2-11H,1H3. The molecule has 0 saturated heterocycles. The molecule has 0 aliphatic heterocycles. The van der Waals surface area contributed by atoms with Crippen molar-refractivity contribution in [2.24, 2.45) is 0 Å². The summed E-state index contributed by atoms with van der Waals surface area (Å²) < 4.78 is 1.55. The van der Waals surface area contributed by atoms with E-state index in [4.69, 9.17) is 0 Å². The second-order valence-corrected chi connectivity index (χ2v) is 4.64. The van der Waals surface area contributed by atoms with Crippen molar-refractivity contribution >= 4 is 22.6 Å². The molecule has 0 aliphatic carbocycles. The van der Waals surface area contributed by atoms with Gasteiger partial charge in [0.2, 0.25) is 5.91 Å². The van der Waals surface area contributed by atoms with Crippen molar-refractivity contribution in [3.8, 4) is 0 Å². The lowest BCUT2D eigenvalue weighted by atomic mass is 10.0. The SMILES string of the molecule is CC(=O)n1ccc2c(C(=O)c3ccccc3)cccc21. The van der Waals surface area contributed by atoms with Gasteiger partial charge in [0.1, 0.15) is 0 Å². The third-order valence-electron chi connectivity index (χ3n) is 3.35. The predicted molar refractivity (Wildman–Crippen MR) is 78.1 cm³/mol. The van der Waals surface area contributed by atoms with Gasteiger partial charge in [-0.05, 0) is 12.1 Å². The minimum Gasteiger partial charge on any atom is -0.289 e. The molecular weight excluding hydrogens is 250 g/mol. The van der Waals surface area contributed by atoms with Crippen LogP contribution in [0, 0.1) is 0 Å². The van der Waals surface area contributed by atoms with E-state index in [1.807, 2.05) is 30.3 Å². The van der Waals surface area contributed by atoms with Gasteiger partial charge in [-0.3, -0.25) is 14.2 Å². The van der Waals surface area contributed by atoms with Crippen molar-refractivity contribution in [2.75, 3.05) is 0 Å². The second kappa shape index (κ2) is 4.78. The Balaban J connectivity index is 2.18. The molecule has 0 atom stereocenters. The summed E-state index contributed by atoms with van der Waals surface area (Å²) in [6, 6.07) is 16.4. The van der Waals surface area contributed by atoms with Gasteiger partial charge in [0.05, 0.1) is 5.52 Å². The average molecular weight is 263 g/mol. The van der Waals surface area contributed by atoms with E-state index in [1.54, 1.807) is 35.0 Å². The van der Waals surface area contributed by atoms with Crippen LogP contribution in [0.15, 0.2) is 60.8 Å². The molecule has 0 spiro atoms. The molecule has 0 saturated carbocycles. The van der Waals surface area contributed by atoms with E-state index in [9.17, 15) is 9.59 Å². The first-order valence-electron chi connectivity index (χ1n) is 6.39. The lowest BCUT2D eigenvalue weighted by molar-refractivity contribution is 0.0940. The van der Waals surface area contributed by atoms with Crippen LogP contribution in [0.2, 0.25) is 0 Å². The van der Waals surface area contributed by atoms with Gasteiger partial charge in [-0.15, -0.1) is 0 Å². The Morgan fingerprint density at radius 1 is 0.900 bits per heavy atom. The highest BCUT2D eigenvalue weighted by Gasteiger charge is 2.14. The quantitative estimate of drug-likeness (QED) is 0.663. The summed E-state index contributed by atoms with van der Waals surface area (Å²) >= 11 is 0. The zero-order valence-corrected chi connectivity index (χ0v) is 11.0. The van der Waals surface area contributed by atoms with Crippen molar-refractivity contribution in [2.45, 2.75) is 6.92 Å². The number of fused-ring (bicyclic) bond motifs is 1. The van der Waals surface area contributed by atoms with E-state index in [1.165, 1.54) is 6.92 Å². The molecule has 3 heteroatoms. The Morgan fingerprint density at radius 2 is 1.65 bits per heavy atom. The Bertz CT molecular complexity index is 800. The van der Waals surface area contributed by atoms with Crippen LogP contribution in [0.25, 0.3) is 10.9 Å². The zero-order chi connectivity index (χ0) is 14.1. The van der Waals surface area contributed by atoms with E-state index in [2.05, 4.69) is 0 Å². The van der Waals surface area contributed by atoms with Crippen molar-refractivity contribution in [1.29, 1.82) is 0 Å². The molecule has 0 bridgehead atoms. The summed E-state index contributed by atoms with van der Waals surface area (Å²) in [5.74, 6) is -0.0955. The van der Waals surface area contributed by atoms with Gasteiger partial charge < -0.3 is 0 Å². The van der Waals surface area contributed by atoms with Gasteiger partial charge in [-0.1, -0.05) is 42.5 Å². The molecule has 3 nitrogen and oxygen atoms in total. The number of aromatic nitrogens is 1. The molecule has 98 valence electrons. The van der Waals surface area contributed by atoms with Gasteiger partial charge >= 0.3 is 0 Å². The fourth-order valence-electron chi connectivity index (χ4n) is 2.39. The largest absolute Gasteiger partial charge is 0.289 e. The Labute approximate surface area is 116 Å². The molecular formula is C17H13NO2. The first kappa shape index (κ1) is 12.4. The van der Waals surface area contributed by atoms with Crippen LogP contribution < -0.4 is 0 Å². The maximum absolute atomic E-state index is 12.5. The van der Waals surface area contributed by atoms with Crippen LogP contribution in [0.3, 0.4) is 0 Å². The van der Waals surface area contributed by atoms with Crippen molar-refractivity contribution in [1.82, 2.24) is 4.57 Å². The molecule has 0 amide bonds. The number of carbonyl (C=O) groups excluding carboxylic acids is 2. The first-order chi connectivity index (χ1) is 9.68. The molecule has 3 rings (SSSR count). The number of hydrogen-bond donors (Lipinski definition) is 0. The monoisotopic (exact) mass is 263 g/mol. The normalized spacial score (nSPS) is 10.7. The molecule has 0 fully saturated rings. The van der Waals surface area contributed by atoms with Crippen LogP contribution in [0.1, 0.15) is 27.6 Å². The highest BCUT2D eigenvalue weighted by atomic mass is 16.1. The van der Waals surface area contributed by atoms with Crippen molar-refractivity contribution in [3.63, 3.8) is 0 Å². The van der Waals surface area contributed by atoms with E-state index in [0.29, 0.717) is 11.1 Å². The molecule has 0 unspecified atom stereocenters. The zero-order valence-electron chi connectivity index (χ0n) is 11.0. The van der Waals surface area contributed by atoms with Gasteiger partial charge in [0, 0.05) is 29.6 Å². The van der Waals surface area contributed by atoms with Crippen LogP contribution in [0.4, 0.5) is 0 Å². The van der Waals surface area contributed by atoms with Crippen LogP contribution >= 0.6 is 0 Å². The summed E-state index contributed by atoms with van der Waals surface area (Å²) in [6.45, 7) is 1.51. The van der Waals surface area contributed by atoms with Gasteiger partial charge in [0.25, 0.3) is 0 Å². The summed E-state index contributed by atoms with van der Waals surface area (Å²) in [6.07, 6.45) is 1.70. The third kappa shape index (κ3) is 1.93. The van der Waals surface area contributed by atoms with Crippen LogP contribution in [-0.2, 0) is 0 Å². The first-order valence-corrected chi connectivity index (χ1v) is 6.39. The molecule has 2 aromatic carbocycles. The Kier molecular flexibility index (Phi) is 2.95. The van der Waals surface area contributed by atoms with Crippen LogP contribution in [-0.4, -0.2) is 16.3 Å². The number of benzene rings is 2. The lowest BCUT2D eigenvalue weighted by Gasteiger charge is -2.04. The van der Waals surface area contributed by atoms with Gasteiger partial charge in [0.15, 0.2) is 5.78 Å². The topological polar surface area (TPSA) is 39.1 Å². The minimum atomic E-state index is -0.0655. The molecule has 0 aliphatic rings. The highest BCUT2D eigenvalue weighted by molar-refractivity contribution is 6.16. The second-order valence-electron chi connectivity index (χ2n) is 4.64. The fourth-order valence-corrected chi connectivity index (χ4v) is 2.39. The molecule has 1 heterocycles. The van der Waals surface area contributed by atoms with Crippen molar-refractivity contribution < 1.29 is 9.59 Å². The lowest BCUT2D eigenvalue weighted by Crippen LogP contribution is -2.04. The molecule has 3 aromatic rings. The number of hydrogen-bond acceptors (Lipinski definition) is 2. The van der Waals surface area contributed by atoms with Gasteiger partial charge in [-0.2, -0.15) is 0 Å². The van der Waals surface area contributed by atoms with E-state index in [-0.39, 0.29) is 11.7 Å². The van der Waals surface area contributed by atoms with E-state index in [0.717, 1.165) is 10.9 Å². The molecule has 0 radical (unpaired) electrons. The molecule has 20 heavy (non-hydrogen) atoms. The number of carbonyl (C=O) groups is 2. The summed E-state index contributed by atoms with van der Waals surface area (Å²) in [7, 11) is 0.